The summed E-state index contributed by atoms with van der Waals surface area (Å²) in [5.41, 5.74) is 8.42. The quantitative estimate of drug-likeness (QED) is 0.773. The molecule has 2 N–H and O–H groups in total. The molecule has 0 atom stereocenters. The summed E-state index contributed by atoms with van der Waals surface area (Å²) in [6.45, 7) is 2.09. The molecule has 0 saturated carbocycles. The Labute approximate surface area is 123 Å². The summed E-state index contributed by atoms with van der Waals surface area (Å²) in [7, 11) is 0. The fraction of sp³-hybridized carbons (Fsp3) is 0.188. The smallest absolute Gasteiger partial charge is 0.180 e. The van der Waals surface area contributed by atoms with Crippen molar-refractivity contribution in [2.45, 2.75) is 6.54 Å². The van der Waals surface area contributed by atoms with Gasteiger partial charge in [-0.2, -0.15) is 0 Å². The molecule has 0 aliphatic rings. The second-order valence-electron chi connectivity index (χ2n) is 4.76. The number of benzene rings is 1. The standard InChI is InChI=1S/C16H17N5/c17-8-11-21(12-13-4-2-1-3-5-13)15-7-6-14-16(20-15)19-10-9-18-14/h1-7,9-10H,8,11-12,17H2. The van der Waals surface area contributed by atoms with E-state index in [1.54, 1.807) is 12.4 Å². The van der Waals surface area contributed by atoms with E-state index in [1.165, 1.54) is 5.56 Å². The van der Waals surface area contributed by atoms with Crippen molar-refractivity contribution in [1.82, 2.24) is 15.0 Å². The number of aromatic nitrogens is 3. The predicted molar refractivity (Wildman–Crippen MR) is 83.9 cm³/mol. The highest BCUT2D eigenvalue weighted by molar-refractivity contribution is 5.71. The van der Waals surface area contributed by atoms with Crippen molar-refractivity contribution < 1.29 is 0 Å². The Morgan fingerprint density at radius 1 is 0.952 bits per heavy atom. The van der Waals surface area contributed by atoms with Gasteiger partial charge >= 0.3 is 0 Å². The maximum atomic E-state index is 5.74. The van der Waals surface area contributed by atoms with Gasteiger partial charge in [0.15, 0.2) is 5.65 Å². The fourth-order valence-corrected chi connectivity index (χ4v) is 2.25. The molecule has 0 amide bonds. The predicted octanol–water partition coefficient (Wildman–Crippen LogP) is 1.99. The zero-order valence-corrected chi connectivity index (χ0v) is 11.7. The molecule has 0 aliphatic carbocycles. The number of hydrogen-bond donors (Lipinski definition) is 1. The summed E-state index contributed by atoms with van der Waals surface area (Å²) in [6, 6.07) is 14.2. The molecule has 3 rings (SSSR count). The molecule has 2 aromatic heterocycles. The number of fused-ring (bicyclic) bond motifs is 1. The van der Waals surface area contributed by atoms with Crippen LogP contribution in [0.2, 0.25) is 0 Å². The molecule has 2 heterocycles. The van der Waals surface area contributed by atoms with Crippen LogP contribution < -0.4 is 10.6 Å². The van der Waals surface area contributed by atoms with Crippen LogP contribution in [0.4, 0.5) is 5.82 Å². The molecule has 0 unspecified atom stereocenters. The van der Waals surface area contributed by atoms with E-state index in [2.05, 4.69) is 32.0 Å². The molecule has 0 saturated heterocycles. The maximum Gasteiger partial charge on any atom is 0.180 e. The molecule has 0 bridgehead atoms. The highest BCUT2D eigenvalue weighted by atomic mass is 15.2. The van der Waals surface area contributed by atoms with Gasteiger partial charge in [0.25, 0.3) is 0 Å². The third-order valence-electron chi connectivity index (χ3n) is 3.26. The first-order valence-corrected chi connectivity index (χ1v) is 6.93. The van der Waals surface area contributed by atoms with Gasteiger partial charge in [0.05, 0.1) is 0 Å². The molecule has 5 nitrogen and oxygen atoms in total. The van der Waals surface area contributed by atoms with E-state index in [-0.39, 0.29) is 0 Å². The third kappa shape index (κ3) is 3.14. The number of anilines is 1. The molecule has 0 fully saturated rings. The average molecular weight is 279 g/mol. The van der Waals surface area contributed by atoms with Gasteiger partial charge in [-0.1, -0.05) is 30.3 Å². The summed E-state index contributed by atoms with van der Waals surface area (Å²) in [5, 5.41) is 0. The summed E-state index contributed by atoms with van der Waals surface area (Å²) in [6.07, 6.45) is 3.33. The van der Waals surface area contributed by atoms with Crippen molar-refractivity contribution in [3.05, 3.63) is 60.4 Å². The van der Waals surface area contributed by atoms with Crippen LogP contribution in [0.3, 0.4) is 0 Å². The lowest BCUT2D eigenvalue weighted by molar-refractivity contribution is 0.777. The highest BCUT2D eigenvalue weighted by Gasteiger charge is 2.09. The maximum absolute atomic E-state index is 5.74. The highest BCUT2D eigenvalue weighted by Crippen LogP contribution is 2.17. The molecule has 106 valence electrons. The van der Waals surface area contributed by atoms with Crippen molar-refractivity contribution >= 4 is 17.0 Å². The Morgan fingerprint density at radius 2 is 1.76 bits per heavy atom. The van der Waals surface area contributed by atoms with Crippen LogP contribution in [0.25, 0.3) is 11.2 Å². The molecule has 1 aromatic carbocycles. The van der Waals surface area contributed by atoms with Crippen LogP contribution >= 0.6 is 0 Å². The van der Waals surface area contributed by atoms with Crippen molar-refractivity contribution in [3.63, 3.8) is 0 Å². The Hall–Kier alpha value is -2.53. The zero-order valence-electron chi connectivity index (χ0n) is 11.7. The number of nitrogens with zero attached hydrogens (tertiary/aromatic N) is 4. The zero-order chi connectivity index (χ0) is 14.5. The van der Waals surface area contributed by atoms with E-state index in [0.717, 1.165) is 24.4 Å². The van der Waals surface area contributed by atoms with Gasteiger partial charge in [0, 0.05) is 32.0 Å². The lowest BCUT2D eigenvalue weighted by Gasteiger charge is -2.23. The minimum atomic E-state index is 0.576. The van der Waals surface area contributed by atoms with Gasteiger partial charge < -0.3 is 10.6 Å². The Bertz CT molecular complexity index is 714. The molecule has 21 heavy (non-hydrogen) atoms. The monoisotopic (exact) mass is 279 g/mol. The van der Waals surface area contributed by atoms with Gasteiger partial charge in [0.1, 0.15) is 11.3 Å². The lowest BCUT2D eigenvalue weighted by atomic mass is 10.2. The summed E-state index contributed by atoms with van der Waals surface area (Å²) >= 11 is 0. The number of nitrogens with two attached hydrogens (primary N) is 1. The van der Waals surface area contributed by atoms with E-state index in [4.69, 9.17) is 5.73 Å². The van der Waals surface area contributed by atoms with Crippen molar-refractivity contribution in [3.8, 4) is 0 Å². The Morgan fingerprint density at radius 3 is 2.57 bits per heavy atom. The Kier molecular flexibility index (Phi) is 4.02. The lowest BCUT2D eigenvalue weighted by Crippen LogP contribution is -2.29. The minimum Gasteiger partial charge on any atom is -0.351 e. The van der Waals surface area contributed by atoms with E-state index in [9.17, 15) is 0 Å². The summed E-state index contributed by atoms with van der Waals surface area (Å²) < 4.78 is 0. The second-order valence-corrected chi connectivity index (χ2v) is 4.76. The van der Waals surface area contributed by atoms with Crippen LogP contribution in [0, 0.1) is 0 Å². The van der Waals surface area contributed by atoms with Gasteiger partial charge in [-0.3, -0.25) is 4.98 Å². The first-order chi connectivity index (χ1) is 10.4. The molecule has 0 aliphatic heterocycles. The largest absolute Gasteiger partial charge is 0.351 e. The second kappa shape index (κ2) is 6.28. The van der Waals surface area contributed by atoms with Crippen LogP contribution in [0.5, 0.6) is 0 Å². The van der Waals surface area contributed by atoms with Crippen LogP contribution in [0.1, 0.15) is 5.56 Å². The fourth-order valence-electron chi connectivity index (χ4n) is 2.25. The summed E-state index contributed by atoms with van der Waals surface area (Å²) in [4.78, 5) is 15.2. The summed E-state index contributed by atoms with van der Waals surface area (Å²) in [5.74, 6) is 0.873. The van der Waals surface area contributed by atoms with Crippen molar-refractivity contribution in [2.24, 2.45) is 5.73 Å². The van der Waals surface area contributed by atoms with E-state index in [1.807, 2.05) is 30.3 Å². The first kappa shape index (κ1) is 13.5. The van der Waals surface area contributed by atoms with Gasteiger partial charge in [-0.05, 0) is 17.7 Å². The molecule has 0 spiro atoms. The molecular formula is C16H17N5. The first-order valence-electron chi connectivity index (χ1n) is 6.93. The van der Waals surface area contributed by atoms with E-state index < -0.39 is 0 Å². The average Bonchev–Trinajstić information content (AvgIpc) is 2.55. The topological polar surface area (TPSA) is 67.9 Å². The van der Waals surface area contributed by atoms with Crippen molar-refractivity contribution in [1.29, 1.82) is 0 Å². The SMILES string of the molecule is NCCN(Cc1ccccc1)c1ccc2nccnc2n1. The van der Waals surface area contributed by atoms with Crippen LogP contribution in [0.15, 0.2) is 54.9 Å². The van der Waals surface area contributed by atoms with Gasteiger partial charge in [0.2, 0.25) is 0 Å². The molecule has 0 radical (unpaired) electrons. The molecular weight excluding hydrogens is 262 g/mol. The number of rotatable bonds is 5. The van der Waals surface area contributed by atoms with Crippen molar-refractivity contribution in [2.75, 3.05) is 18.0 Å². The normalized spacial score (nSPS) is 10.7. The van der Waals surface area contributed by atoms with E-state index in [0.29, 0.717) is 12.2 Å². The number of hydrogen-bond acceptors (Lipinski definition) is 5. The van der Waals surface area contributed by atoms with Crippen LogP contribution in [-0.2, 0) is 6.54 Å². The molecule has 3 aromatic rings. The van der Waals surface area contributed by atoms with Gasteiger partial charge in [-0.25, -0.2) is 9.97 Å². The third-order valence-corrected chi connectivity index (χ3v) is 3.26. The number of pyridine rings is 1. The van der Waals surface area contributed by atoms with Gasteiger partial charge in [-0.15, -0.1) is 0 Å². The van der Waals surface area contributed by atoms with E-state index >= 15 is 0 Å². The van der Waals surface area contributed by atoms with Crippen LogP contribution in [-0.4, -0.2) is 28.0 Å². The minimum absolute atomic E-state index is 0.576. The molecule has 5 heteroatoms. The Balaban J connectivity index is 1.91.